The van der Waals surface area contributed by atoms with Crippen molar-refractivity contribution in [3.8, 4) is 0 Å². The molecule has 0 saturated carbocycles. The normalized spacial score (nSPS) is 11.0. The number of aromatic nitrogens is 1. The Morgan fingerprint density at radius 2 is 2.08 bits per heavy atom. The van der Waals surface area contributed by atoms with Crippen LogP contribution in [0.25, 0.3) is 11.1 Å². The van der Waals surface area contributed by atoms with Crippen molar-refractivity contribution in [2.75, 3.05) is 5.32 Å². The second kappa shape index (κ2) is 6.53. The number of benzene rings is 2. The second-order valence-corrected chi connectivity index (χ2v) is 6.01. The predicted octanol–water partition coefficient (Wildman–Crippen LogP) is 3.76. The smallest absolute Gasteiger partial charge is 0.408 e. The van der Waals surface area contributed by atoms with E-state index < -0.39 is 5.76 Å². The van der Waals surface area contributed by atoms with Crippen molar-refractivity contribution in [1.82, 2.24) is 4.57 Å². The molecule has 6 heteroatoms. The number of para-hydroxylation sites is 1. The van der Waals surface area contributed by atoms with E-state index in [0.717, 1.165) is 23.2 Å². The van der Waals surface area contributed by atoms with Crippen molar-refractivity contribution in [1.29, 1.82) is 0 Å². The summed E-state index contributed by atoms with van der Waals surface area (Å²) in [6.07, 6.45) is 0.810. The van der Waals surface area contributed by atoms with Crippen molar-refractivity contribution in [2.45, 2.75) is 26.8 Å². The van der Waals surface area contributed by atoms with E-state index >= 15 is 0 Å². The van der Waals surface area contributed by atoms with Gasteiger partial charge in [0.2, 0.25) is 5.91 Å². The van der Waals surface area contributed by atoms with Crippen LogP contribution in [0.15, 0.2) is 45.6 Å². The van der Waals surface area contributed by atoms with Crippen LogP contribution in [0.2, 0.25) is 5.02 Å². The van der Waals surface area contributed by atoms with Gasteiger partial charge < -0.3 is 9.73 Å². The van der Waals surface area contributed by atoms with E-state index in [9.17, 15) is 9.59 Å². The summed E-state index contributed by atoms with van der Waals surface area (Å²) >= 11 is 5.89. The van der Waals surface area contributed by atoms with E-state index in [4.69, 9.17) is 16.0 Å². The molecule has 2 aromatic carbocycles. The summed E-state index contributed by atoms with van der Waals surface area (Å²) in [7, 11) is 0. The lowest BCUT2D eigenvalue weighted by Gasteiger charge is -2.13. The number of hydrogen-bond acceptors (Lipinski definition) is 3. The van der Waals surface area contributed by atoms with E-state index in [1.165, 1.54) is 4.57 Å². The highest BCUT2D eigenvalue weighted by atomic mass is 35.5. The van der Waals surface area contributed by atoms with Crippen LogP contribution in [0.1, 0.15) is 18.1 Å². The lowest BCUT2D eigenvalue weighted by atomic mass is 10.1. The molecule has 0 radical (unpaired) electrons. The Bertz CT molecular complexity index is 972. The van der Waals surface area contributed by atoms with E-state index in [1.807, 2.05) is 32.0 Å². The molecular weight excluding hydrogens is 328 g/mol. The van der Waals surface area contributed by atoms with Gasteiger partial charge in [0.25, 0.3) is 0 Å². The molecule has 0 bridgehead atoms. The molecule has 0 fully saturated rings. The van der Waals surface area contributed by atoms with Crippen molar-refractivity contribution in [3.63, 3.8) is 0 Å². The monoisotopic (exact) mass is 344 g/mol. The number of aryl methyl sites for hydroxylation is 2. The molecule has 5 nitrogen and oxygen atoms in total. The summed E-state index contributed by atoms with van der Waals surface area (Å²) in [6.45, 7) is 3.85. The van der Waals surface area contributed by atoms with Crippen LogP contribution in [0.4, 0.5) is 5.69 Å². The van der Waals surface area contributed by atoms with Gasteiger partial charge in [-0.3, -0.25) is 9.36 Å². The van der Waals surface area contributed by atoms with Gasteiger partial charge in [-0.15, -0.1) is 0 Å². The van der Waals surface area contributed by atoms with Crippen LogP contribution in [-0.4, -0.2) is 10.5 Å². The minimum absolute atomic E-state index is 0.120. The summed E-state index contributed by atoms with van der Waals surface area (Å²) in [4.78, 5) is 24.4. The molecule has 0 aliphatic heterocycles. The topological polar surface area (TPSA) is 64.2 Å². The number of nitrogens with one attached hydrogen (secondary N) is 1. The Labute approximate surface area is 143 Å². The molecule has 1 aromatic heterocycles. The fourth-order valence-corrected chi connectivity index (χ4v) is 2.88. The molecule has 0 spiro atoms. The van der Waals surface area contributed by atoms with Gasteiger partial charge in [0.1, 0.15) is 6.54 Å². The zero-order valence-corrected chi connectivity index (χ0v) is 14.2. The van der Waals surface area contributed by atoms with Gasteiger partial charge in [-0.25, -0.2) is 4.79 Å². The molecule has 3 aromatic rings. The molecule has 1 N–H and O–H groups in total. The third-order valence-corrected chi connectivity index (χ3v) is 4.17. The standard InChI is InChI=1S/C18H17ClN2O3/c1-3-12-6-4-5-11(2)17(12)20-16(22)10-21-14-8-7-13(19)9-15(14)24-18(21)23/h4-9H,3,10H2,1-2H3,(H,20,22). The number of halogens is 1. The van der Waals surface area contributed by atoms with Gasteiger partial charge in [-0.05, 0) is 36.6 Å². The van der Waals surface area contributed by atoms with Gasteiger partial charge in [0.15, 0.2) is 5.58 Å². The van der Waals surface area contributed by atoms with E-state index in [-0.39, 0.29) is 12.5 Å². The first kappa shape index (κ1) is 16.3. The maximum Gasteiger partial charge on any atom is 0.420 e. The van der Waals surface area contributed by atoms with Gasteiger partial charge in [-0.2, -0.15) is 0 Å². The highest BCUT2D eigenvalue weighted by molar-refractivity contribution is 6.31. The number of carbonyl (C=O) groups is 1. The van der Waals surface area contributed by atoms with Gasteiger partial charge >= 0.3 is 5.76 Å². The maximum absolute atomic E-state index is 12.4. The minimum Gasteiger partial charge on any atom is -0.408 e. The number of oxazole rings is 1. The number of carbonyl (C=O) groups excluding carboxylic acids is 1. The van der Waals surface area contributed by atoms with Crippen molar-refractivity contribution >= 4 is 34.3 Å². The second-order valence-electron chi connectivity index (χ2n) is 5.58. The quantitative estimate of drug-likeness (QED) is 0.783. The highest BCUT2D eigenvalue weighted by Crippen LogP contribution is 2.22. The van der Waals surface area contributed by atoms with Crippen LogP contribution in [0.3, 0.4) is 0 Å². The summed E-state index contributed by atoms with van der Waals surface area (Å²) in [5, 5.41) is 3.38. The number of fused-ring (bicyclic) bond motifs is 1. The molecule has 0 unspecified atom stereocenters. The molecule has 0 atom stereocenters. The largest absolute Gasteiger partial charge is 0.420 e. The third kappa shape index (κ3) is 3.08. The predicted molar refractivity (Wildman–Crippen MR) is 94.7 cm³/mol. The molecule has 1 heterocycles. The third-order valence-electron chi connectivity index (χ3n) is 3.94. The first-order valence-electron chi connectivity index (χ1n) is 7.67. The molecule has 0 aliphatic rings. The summed E-state index contributed by atoms with van der Waals surface area (Å²) in [6, 6.07) is 10.8. The molecule has 124 valence electrons. The zero-order valence-electron chi connectivity index (χ0n) is 13.4. The highest BCUT2D eigenvalue weighted by Gasteiger charge is 2.14. The molecular formula is C18H17ClN2O3. The number of hydrogen-bond donors (Lipinski definition) is 1. The van der Waals surface area contributed by atoms with Crippen LogP contribution >= 0.6 is 11.6 Å². The fraction of sp³-hybridized carbons (Fsp3) is 0.222. The first-order valence-corrected chi connectivity index (χ1v) is 8.04. The molecule has 0 saturated heterocycles. The van der Waals surface area contributed by atoms with Crippen molar-refractivity contribution < 1.29 is 9.21 Å². The van der Waals surface area contributed by atoms with E-state index in [1.54, 1.807) is 18.2 Å². The van der Waals surface area contributed by atoms with Gasteiger partial charge in [0.05, 0.1) is 5.52 Å². The first-order chi connectivity index (χ1) is 11.5. The Balaban J connectivity index is 1.89. The molecule has 3 rings (SSSR count). The molecule has 24 heavy (non-hydrogen) atoms. The average molecular weight is 345 g/mol. The zero-order chi connectivity index (χ0) is 17.3. The number of rotatable bonds is 4. The van der Waals surface area contributed by atoms with Gasteiger partial charge in [-0.1, -0.05) is 36.7 Å². The number of anilines is 1. The number of nitrogens with zero attached hydrogens (tertiary/aromatic N) is 1. The van der Waals surface area contributed by atoms with Crippen LogP contribution in [-0.2, 0) is 17.8 Å². The maximum atomic E-state index is 12.4. The Kier molecular flexibility index (Phi) is 4.44. The average Bonchev–Trinajstić information content (AvgIpc) is 2.84. The van der Waals surface area contributed by atoms with E-state index in [2.05, 4.69) is 5.32 Å². The summed E-state index contributed by atoms with van der Waals surface area (Å²) in [5.41, 5.74) is 3.75. The summed E-state index contributed by atoms with van der Waals surface area (Å²) < 4.78 is 6.44. The number of amides is 1. The Morgan fingerprint density at radius 1 is 1.29 bits per heavy atom. The lowest BCUT2D eigenvalue weighted by molar-refractivity contribution is -0.116. The van der Waals surface area contributed by atoms with Crippen LogP contribution < -0.4 is 11.1 Å². The van der Waals surface area contributed by atoms with Gasteiger partial charge in [0, 0.05) is 16.8 Å². The SMILES string of the molecule is CCc1cccc(C)c1NC(=O)Cn1c(=O)oc2cc(Cl)ccc21. The van der Waals surface area contributed by atoms with E-state index in [0.29, 0.717) is 16.1 Å². The minimum atomic E-state index is -0.581. The van der Waals surface area contributed by atoms with Crippen LogP contribution in [0, 0.1) is 6.92 Å². The fourth-order valence-electron chi connectivity index (χ4n) is 2.71. The lowest BCUT2D eigenvalue weighted by Crippen LogP contribution is -2.25. The summed E-state index contributed by atoms with van der Waals surface area (Å²) in [5.74, 6) is -0.860. The molecule has 0 aliphatic carbocycles. The molecule has 1 amide bonds. The Hall–Kier alpha value is -2.53. The van der Waals surface area contributed by atoms with Crippen molar-refractivity contribution in [3.05, 3.63) is 63.1 Å². The Morgan fingerprint density at radius 3 is 2.83 bits per heavy atom. The van der Waals surface area contributed by atoms with Crippen LogP contribution in [0.5, 0.6) is 0 Å². The van der Waals surface area contributed by atoms with Crippen molar-refractivity contribution in [2.24, 2.45) is 0 Å².